The van der Waals surface area contributed by atoms with Crippen molar-refractivity contribution in [2.45, 2.75) is 18.9 Å². The first kappa shape index (κ1) is 8.46. The van der Waals surface area contributed by atoms with Gasteiger partial charge in [-0.2, -0.15) is 0 Å². The Hall–Kier alpha value is -0.633. The van der Waals surface area contributed by atoms with Crippen LogP contribution in [0.15, 0.2) is 24.3 Å². The summed E-state index contributed by atoms with van der Waals surface area (Å²) in [6.07, 6.45) is 0. The summed E-state index contributed by atoms with van der Waals surface area (Å²) in [6, 6.07) is 6.77. The maximum Gasteiger partial charge on any atom is 0.126 e. The van der Waals surface area contributed by atoms with Gasteiger partial charge in [-0.3, -0.25) is 0 Å². The largest absolute Gasteiger partial charge is 0.207 e. The molecule has 1 aromatic carbocycles. The van der Waals surface area contributed by atoms with E-state index in [1.165, 1.54) is 6.07 Å². The van der Waals surface area contributed by atoms with Crippen LogP contribution in [0.25, 0.3) is 0 Å². The summed E-state index contributed by atoms with van der Waals surface area (Å²) < 4.78 is 13.1. The molecule has 0 N–H and O–H groups in total. The van der Waals surface area contributed by atoms with E-state index in [4.69, 9.17) is 0 Å². The molecule has 0 aliphatic heterocycles. The monoisotopic (exact) mass is 165 g/mol. The van der Waals surface area contributed by atoms with Crippen molar-refractivity contribution < 1.29 is 4.39 Å². The third-order valence-electron chi connectivity index (χ3n) is 1.55. The molecule has 0 fully saturated rings. The summed E-state index contributed by atoms with van der Waals surface area (Å²) in [7, 11) is 3.45. The zero-order valence-corrected chi connectivity index (χ0v) is 7.69. The van der Waals surface area contributed by atoms with Crippen LogP contribution in [0, 0.1) is 5.82 Å². The number of halogens is 1. The Bertz CT molecular complexity index is 250. The van der Waals surface area contributed by atoms with Gasteiger partial charge in [0.2, 0.25) is 0 Å². The van der Waals surface area contributed by atoms with Crippen LogP contribution in [0.1, 0.15) is 19.4 Å². The fraction of sp³-hybridized carbons (Fsp3) is 0.333. The average molecular weight is 165 g/mol. The van der Waals surface area contributed by atoms with Crippen molar-refractivity contribution in [1.82, 2.24) is 0 Å². The van der Waals surface area contributed by atoms with Crippen LogP contribution in [-0.4, -0.2) is 10.2 Å². The van der Waals surface area contributed by atoms with Gasteiger partial charge in [-0.05, 0) is 16.7 Å². The van der Waals surface area contributed by atoms with E-state index in [-0.39, 0.29) is 10.9 Å². The summed E-state index contributed by atoms with van der Waals surface area (Å²) in [6.45, 7) is 3.84. The highest BCUT2D eigenvalue weighted by Gasteiger charge is 2.16. The smallest absolute Gasteiger partial charge is 0.126 e. The number of hydrogen-bond acceptors (Lipinski definition) is 0. The molecule has 0 aliphatic rings. The summed E-state index contributed by atoms with van der Waals surface area (Å²) >= 11 is 0. The molecule has 0 bridgehead atoms. The molecular formula is C9H10FSi. The van der Waals surface area contributed by atoms with Gasteiger partial charge in [0.25, 0.3) is 0 Å². The summed E-state index contributed by atoms with van der Waals surface area (Å²) in [5.74, 6) is -0.160. The van der Waals surface area contributed by atoms with Crippen LogP contribution in [0.4, 0.5) is 4.39 Å². The minimum atomic E-state index is -0.286. The maximum absolute atomic E-state index is 13.1. The lowest BCUT2D eigenvalue weighted by molar-refractivity contribution is 0.583. The highest BCUT2D eigenvalue weighted by atomic mass is 28.1. The molecule has 1 rings (SSSR count). The molecule has 0 spiro atoms. The highest BCUT2D eigenvalue weighted by Crippen LogP contribution is 2.21. The van der Waals surface area contributed by atoms with Gasteiger partial charge in [0, 0.05) is 10.2 Å². The molecule has 2 heteroatoms. The lowest BCUT2D eigenvalue weighted by Crippen LogP contribution is -2.18. The van der Waals surface area contributed by atoms with Crippen LogP contribution in [0.2, 0.25) is 0 Å². The van der Waals surface area contributed by atoms with E-state index >= 15 is 0 Å². The Morgan fingerprint density at radius 3 is 2.18 bits per heavy atom. The van der Waals surface area contributed by atoms with E-state index in [1.54, 1.807) is 12.1 Å². The second-order valence-electron chi connectivity index (χ2n) is 3.10. The Kier molecular flexibility index (Phi) is 2.14. The van der Waals surface area contributed by atoms with Gasteiger partial charge >= 0.3 is 0 Å². The Balaban J connectivity index is 3.14. The second kappa shape index (κ2) is 2.78. The molecule has 57 valence electrons. The molecule has 3 radical (unpaired) electrons. The molecular weight excluding hydrogens is 155 g/mol. The predicted molar refractivity (Wildman–Crippen MR) is 45.2 cm³/mol. The van der Waals surface area contributed by atoms with Crippen LogP contribution in [0.5, 0.6) is 0 Å². The minimum Gasteiger partial charge on any atom is -0.207 e. The van der Waals surface area contributed by atoms with Crippen molar-refractivity contribution in [2.24, 2.45) is 0 Å². The van der Waals surface area contributed by atoms with Crippen LogP contribution in [-0.2, 0) is 5.04 Å². The van der Waals surface area contributed by atoms with E-state index in [2.05, 4.69) is 10.2 Å². The normalized spacial score (nSPS) is 11.6. The third-order valence-corrected chi connectivity index (χ3v) is 1.82. The standard InChI is InChI=1S/C9H10FSi/c1-9(2,11)7-5-3-4-6-8(7)10/h3-6H,1-2H3. The van der Waals surface area contributed by atoms with E-state index < -0.39 is 0 Å². The van der Waals surface area contributed by atoms with Gasteiger partial charge in [0.05, 0.1) is 0 Å². The lowest BCUT2D eigenvalue weighted by atomic mass is 10.0. The average Bonchev–Trinajstić information content (AvgIpc) is 1.86. The lowest BCUT2D eigenvalue weighted by Gasteiger charge is -2.18. The molecule has 0 heterocycles. The Morgan fingerprint density at radius 1 is 1.27 bits per heavy atom. The van der Waals surface area contributed by atoms with Gasteiger partial charge in [0.1, 0.15) is 5.82 Å². The van der Waals surface area contributed by atoms with E-state index in [0.717, 1.165) is 0 Å². The zero-order chi connectivity index (χ0) is 8.48. The molecule has 1 aromatic rings. The number of hydrogen-bond donors (Lipinski definition) is 0. The molecule has 0 aliphatic carbocycles. The van der Waals surface area contributed by atoms with Gasteiger partial charge in [-0.25, -0.2) is 4.39 Å². The number of benzene rings is 1. The van der Waals surface area contributed by atoms with Crippen molar-refractivity contribution in [3.63, 3.8) is 0 Å². The SMILES string of the molecule is CC(C)([Si])c1ccccc1F. The van der Waals surface area contributed by atoms with E-state index in [0.29, 0.717) is 5.56 Å². The van der Waals surface area contributed by atoms with Crippen molar-refractivity contribution in [3.05, 3.63) is 35.6 Å². The van der Waals surface area contributed by atoms with Crippen molar-refractivity contribution in [3.8, 4) is 0 Å². The van der Waals surface area contributed by atoms with E-state index in [1.807, 2.05) is 19.9 Å². The summed E-state index contributed by atoms with van der Waals surface area (Å²) in [5.41, 5.74) is 0.691. The Morgan fingerprint density at radius 2 is 1.82 bits per heavy atom. The molecule has 11 heavy (non-hydrogen) atoms. The fourth-order valence-corrected chi connectivity index (χ4v) is 1.17. The summed E-state index contributed by atoms with van der Waals surface area (Å²) in [4.78, 5) is 0. The quantitative estimate of drug-likeness (QED) is 0.560. The van der Waals surface area contributed by atoms with Crippen LogP contribution in [0.3, 0.4) is 0 Å². The van der Waals surface area contributed by atoms with E-state index in [9.17, 15) is 4.39 Å². The maximum atomic E-state index is 13.1. The van der Waals surface area contributed by atoms with Crippen molar-refractivity contribution in [2.75, 3.05) is 0 Å². The minimum absolute atomic E-state index is 0.160. The van der Waals surface area contributed by atoms with Crippen LogP contribution >= 0.6 is 0 Å². The van der Waals surface area contributed by atoms with Gasteiger partial charge in [-0.1, -0.05) is 32.0 Å². The van der Waals surface area contributed by atoms with Crippen LogP contribution < -0.4 is 0 Å². The van der Waals surface area contributed by atoms with Gasteiger partial charge in [-0.15, -0.1) is 0 Å². The Labute approximate surface area is 69.9 Å². The topological polar surface area (TPSA) is 0 Å². The second-order valence-corrected chi connectivity index (χ2v) is 4.35. The van der Waals surface area contributed by atoms with Gasteiger partial charge < -0.3 is 0 Å². The molecule has 0 amide bonds. The zero-order valence-electron chi connectivity index (χ0n) is 6.69. The first-order valence-electron chi connectivity index (χ1n) is 3.52. The predicted octanol–water partition coefficient (Wildman–Crippen LogP) is 2.23. The molecule has 0 unspecified atom stereocenters. The molecule has 0 saturated heterocycles. The van der Waals surface area contributed by atoms with Crippen molar-refractivity contribution >= 4 is 10.2 Å². The van der Waals surface area contributed by atoms with Gasteiger partial charge in [0.15, 0.2) is 0 Å². The summed E-state index contributed by atoms with van der Waals surface area (Å²) in [5, 5.41) is -0.286. The number of rotatable bonds is 1. The fourth-order valence-electron chi connectivity index (χ4n) is 0.968. The third kappa shape index (κ3) is 1.90. The van der Waals surface area contributed by atoms with Crippen molar-refractivity contribution in [1.29, 1.82) is 0 Å². The first-order chi connectivity index (χ1) is 5.02. The first-order valence-corrected chi connectivity index (χ1v) is 4.02. The highest BCUT2D eigenvalue weighted by molar-refractivity contribution is 6.15. The molecule has 0 nitrogen and oxygen atoms in total. The molecule has 0 saturated carbocycles. The molecule has 0 aromatic heterocycles. The molecule has 0 atom stereocenters.